The van der Waals surface area contributed by atoms with E-state index in [4.69, 9.17) is 9.57 Å². The molecule has 0 aliphatic carbocycles. The molecule has 264 valence electrons. The summed E-state index contributed by atoms with van der Waals surface area (Å²) in [5.74, 6) is -0.185. The Morgan fingerprint density at radius 3 is 2.04 bits per heavy atom. The molecule has 1 aromatic heterocycles. The van der Waals surface area contributed by atoms with Crippen LogP contribution >= 0.6 is 0 Å². The summed E-state index contributed by atoms with van der Waals surface area (Å²) in [6.07, 6.45) is 1.86. The largest absolute Gasteiger partial charge is 0.528 e. The molecule has 0 radical (unpaired) electrons. The van der Waals surface area contributed by atoms with Gasteiger partial charge in [-0.05, 0) is 63.8 Å². The third-order valence-electron chi connectivity index (χ3n) is 9.66. The van der Waals surface area contributed by atoms with Gasteiger partial charge in [-0.15, -0.1) is 5.06 Å². The number of para-hydroxylation sites is 1. The Kier molecular flexibility index (Phi) is 11.0. The highest BCUT2D eigenvalue weighted by Gasteiger charge is 2.32. The number of rotatable bonds is 9. The highest BCUT2D eigenvalue weighted by atomic mass is 16.8. The van der Waals surface area contributed by atoms with Crippen LogP contribution in [0.2, 0.25) is 0 Å². The van der Waals surface area contributed by atoms with Gasteiger partial charge in [-0.1, -0.05) is 73.7 Å². The second-order valence-corrected chi connectivity index (χ2v) is 14.2. The molecular formula is C40H49N5O5. The summed E-state index contributed by atoms with van der Waals surface area (Å²) in [5.41, 5.74) is 2.29. The molecule has 0 saturated carbocycles. The second-order valence-electron chi connectivity index (χ2n) is 14.2. The number of piperidine rings is 1. The van der Waals surface area contributed by atoms with Crippen molar-refractivity contribution in [3.8, 4) is 5.69 Å². The van der Waals surface area contributed by atoms with E-state index in [1.165, 1.54) is 0 Å². The van der Waals surface area contributed by atoms with E-state index >= 15 is 0 Å². The second kappa shape index (κ2) is 15.6. The molecule has 2 saturated heterocycles. The van der Waals surface area contributed by atoms with Crippen molar-refractivity contribution in [3.63, 3.8) is 0 Å². The molecule has 1 amide bonds. The molecule has 50 heavy (non-hydrogen) atoms. The number of nitrogens with one attached hydrogen (secondary N) is 1. The predicted octanol–water partition coefficient (Wildman–Crippen LogP) is 6.32. The lowest BCUT2D eigenvalue weighted by Gasteiger charge is -2.42. The van der Waals surface area contributed by atoms with Crippen LogP contribution in [0.25, 0.3) is 16.5 Å². The van der Waals surface area contributed by atoms with Crippen LogP contribution in [0.3, 0.4) is 0 Å². The maximum Gasteiger partial charge on any atom is 0.528 e. The van der Waals surface area contributed by atoms with Crippen molar-refractivity contribution in [1.29, 1.82) is 0 Å². The summed E-state index contributed by atoms with van der Waals surface area (Å²) in [5, 5.41) is 6.21. The van der Waals surface area contributed by atoms with E-state index in [1.807, 2.05) is 106 Å². The minimum atomic E-state index is -0.662. The number of aromatic nitrogens is 1. The van der Waals surface area contributed by atoms with Crippen LogP contribution in [0.5, 0.6) is 0 Å². The first-order valence-electron chi connectivity index (χ1n) is 17.8. The molecule has 6 rings (SSSR count). The monoisotopic (exact) mass is 679 g/mol. The number of pyridine rings is 1. The normalized spacial score (nSPS) is 17.4. The van der Waals surface area contributed by atoms with Crippen LogP contribution in [-0.2, 0) is 16.1 Å². The fourth-order valence-corrected chi connectivity index (χ4v) is 7.16. The predicted molar refractivity (Wildman–Crippen MR) is 195 cm³/mol. The van der Waals surface area contributed by atoms with Crippen LogP contribution in [0.4, 0.5) is 4.79 Å². The van der Waals surface area contributed by atoms with Gasteiger partial charge in [0.25, 0.3) is 11.5 Å². The van der Waals surface area contributed by atoms with E-state index in [1.54, 1.807) is 9.63 Å². The van der Waals surface area contributed by atoms with Gasteiger partial charge in [0.05, 0.1) is 17.3 Å². The lowest BCUT2D eigenvalue weighted by Crippen LogP contribution is -2.53. The van der Waals surface area contributed by atoms with Crippen LogP contribution in [0.15, 0.2) is 89.7 Å². The minimum Gasteiger partial charge on any atom is -0.427 e. The molecule has 2 aliphatic rings. The molecule has 1 atom stereocenters. The maximum absolute atomic E-state index is 14.5. The Labute approximate surface area is 294 Å². The zero-order valence-corrected chi connectivity index (χ0v) is 29.6. The van der Waals surface area contributed by atoms with Crippen molar-refractivity contribution in [2.75, 3.05) is 39.3 Å². The smallest absolute Gasteiger partial charge is 0.427 e. The van der Waals surface area contributed by atoms with Gasteiger partial charge >= 0.3 is 6.16 Å². The average molecular weight is 680 g/mol. The number of hydrogen-bond acceptors (Lipinski definition) is 8. The molecule has 2 fully saturated rings. The van der Waals surface area contributed by atoms with Gasteiger partial charge in [0.15, 0.2) is 0 Å². The first-order chi connectivity index (χ1) is 24.1. The Bertz CT molecular complexity index is 1820. The fraction of sp³-hybridized carbons (Fsp3) is 0.425. The van der Waals surface area contributed by atoms with Crippen molar-refractivity contribution >= 4 is 22.8 Å². The summed E-state index contributed by atoms with van der Waals surface area (Å²) in [7, 11) is 0. The molecule has 10 heteroatoms. The first kappa shape index (κ1) is 35.3. The molecule has 3 aromatic carbocycles. The van der Waals surface area contributed by atoms with Crippen molar-refractivity contribution in [2.45, 2.75) is 71.2 Å². The Morgan fingerprint density at radius 1 is 0.820 bits per heavy atom. The van der Waals surface area contributed by atoms with Gasteiger partial charge in [0, 0.05) is 68.3 Å². The van der Waals surface area contributed by atoms with E-state index in [0.29, 0.717) is 47.7 Å². The number of hydrogen-bond donors (Lipinski definition) is 1. The number of ether oxygens (including phenoxy) is 1. The summed E-state index contributed by atoms with van der Waals surface area (Å²) in [4.78, 5) is 51.2. The lowest BCUT2D eigenvalue weighted by atomic mass is 9.99. The summed E-state index contributed by atoms with van der Waals surface area (Å²) >= 11 is 0. The van der Waals surface area contributed by atoms with Gasteiger partial charge in [0.1, 0.15) is 5.60 Å². The first-order valence-corrected chi connectivity index (χ1v) is 17.8. The molecule has 4 aromatic rings. The number of carbonyl (C=O) groups is 2. The zero-order chi connectivity index (χ0) is 35.3. The number of piperazine rings is 1. The molecule has 0 spiro atoms. The van der Waals surface area contributed by atoms with Crippen LogP contribution < -0.4 is 10.9 Å². The molecule has 2 aliphatic heterocycles. The number of nitrogens with zero attached hydrogens (tertiary/aromatic N) is 4. The standard InChI is InChI=1S/C40H49N5O5/c1-5-34(29-14-8-6-9-15-29)41-37(46)36-32-18-12-13-19-33(32)38(47)45(31-16-10-7-11-17-31)35(36)28-42-24-26-43(27-25-42)30-20-22-44(23-21-30)50-39(48)49-40(2,3)4/h6-19,30,34H,5,20-28H2,1-4H3,(H,41,46). The molecular weight excluding hydrogens is 630 g/mol. The fourth-order valence-electron chi connectivity index (χ4n) is 7.16. The van der Waals surface area contributed by atoms with Gasteiger partial charge in [-0.2, -0.15) is 0 Å². The molecule has 1 N–H and O–H groups in total. The highest BCUT2D eigenvalue weighted by Crippen LogP contribution is 2.27. The van der Waals surface area contributed by atoms with Gasteiger partial charge in [-0.3, -0.25) is 24.0 Å². The van der Waals surface area contributed by atoms with Crippen LogP contribution in [-0.4, -0.2) is 82.4 Å². The number of benzene rings is 3. The number of amides is 1. The van der Waals surface area contributed by atoms with E-state index in [0.717, 1.165) is 56.7 Å². The minimum absolute atomic E-state index is 0.132. The van der Waals surface area contributed by atoms with Crippen LogP contribution in [0.1, 0.15) is 74.6 Å². The van der Waals surface area contributed by atoms with Gasteiger partial charge in [0.2, 0.25) is 0 Å². The summed E-state index contributed by atoms with van der Waals surface area (Å²) in [6.45, 7) is 12.6. The quantitative estimate of drug-likeness (QED) is 0.206. The van der Waals surface area contributed by atoms with Crippen LogP contribution in [0, 0.1) is 0 Å². The molecule has 1 unspecified atom stereocenters. The summed E-state index contributed by atoms with van der Waals surface area (Å²) in [6, 6.07) is 27.3. The van der Waals surface area contributed by atoms with Crippen molar-refractivity contribution in [1.82, 2.24) is 24.7 Å². The lowest BCUT2D eigenvalue weighted by molar-refractivity contribution is -0.157. The maximum atomic E-state index is 14.5. The topological polar surface area (TPSA) is 96.3 Å². The van der Waals surface area contributed by atoms with E-state index in [-0.39, 0.29) is 17.5 Å². The number of fused-ring (bicyclic) bond motifs is 1. The molecule has 3 heterocycles. The number of hydroxylamine groups is 2. The molecule has 10 nitrogen and oxygen atoms in total. The molecule has 0 bridgehead atoms. The third-order valence-corrected chi connectivity index (χ3v) is 9.66. The highest BCUT2D eigenvalue weighted by molar-refractivity contribution is 6.08. The van der Waals surface area contributed by atoms with Gasteiger partial charge < -0.3 is 14.9 Å². The van der Waals surface area contributed by atoms with E-state index < -0.39 is 11.8 Å². The SMILES string of the molecule is CCC(NC(=O)c1c(CN2CCN(C3CCN(OC(=O)OC(C)(C)C)CC3)CC2)n(-c2ccccc2)c(=O)c2ccccc12)c1ccccc1. The van der Waals surface area contributed by atoms with Crippen molar-refractivity contribution in [3.05, 3.63) is 112 Å². The van der Waals surface area contributed by atoms with Crippen molar-refractivity contribution < 1.29 is 19.2 Å². The zero-order valence-electron chi connectivity index (χ0n) is 29.6. The third kappa shape index (κ3) is 8.26. The number of carbonyl (C=O) groups excluding carboxylic acids is 2. The van der Waals surface area contributed by atoms with Crippen molar-refractivity contribution in [2.24, 2.45) is 0 Å². The Hall–Kier alpha value is -4.51. The average Bonchev–Trinajstić information content (AvgIpc) is 3.11. The van der Waals surface area contributed by atoms with Gasteiger partial charge in [-0.25, -0.2) is 4.79 Å². The summed E-state index contributed by atoms with van der Waals surface area (Å²) < 4.78 is 7.06. The van der Waals surface area contributed by atoms with E-state index in [2.05, 4.69) is 22.0 Å². The Balaban J connectivity index is 1.23. The van der Waals surface area contributed by atoms with E-state index in [9.17, 15) is 14.4 Å². The Morgan fingerprint density at radius 2 is 1.42 bits per heavy atom.